The van der Waals surface area contributed by atoms with Gasteiger partial charge in [0.2, 0.25) is 47.3 Å². The van der Waals surface area contributed by atoms with Crippen LogP contribution < -0.4 is 48.7 Å². The van der Waals surface area contributed by atoms with E-state index in [9.17, 15) is 43.5 Å². The molecule has 0 aliphatic carbocycles. The van der Waals surface area contributed by atoms with Gasteiger partial charge in [0.25, 0.3) is 0 Å². The first-order valence-corrected chi connectivity index (χ1v) is 25.5. The molecule has 0 radical (unpaired) electrons. The van der Waals surface area contributed by atoms with Gasteiger partial charge in [0.1, 0.15) is 60.5 Å². The lowest BCUT2D eigenvalue weighted by Gasteiger charge is -2.33. The monoisotopic (exact) mass is 1030 g/mol. The molecule has 0 saturated carbocycles. The summed E-state index contributed by atoms with van der Waals surface area (Å²) in [5.41, 5.74) is 12.9. The zero-order valence-corrected chi connectivity index (χ0v) is 42.7. The zero-order valence-electron chi connectivity index (χ0n) is 42.7. The van der Waals surface area contributed by atoms with Gasteiger partial charge in [0.15, 0.2) is 5.96 Å². The third kappa shape index (κ3) is 12.4. The molecule has 8 rings (SSSR count). The second-order valence-corrected chi connectivity index (χ2v) is 20.9. The third-order valence-electron chi connectivity index (χ3n) is 14.2. The van der Waals surface area contributed by atoms with Crippen molar-refractivity contribution in [3.05, 3.63) is 47.5 Å². The molecule has 7 heterocycles. The Bertz CT molecular complexity index is 2690. The summed E-state index contributed by atoms with van der Waals surface area (Å²) >= 11 is 0. The molecule has 13 N–H and O–H groups in total. The van der Waals surface area contributed by atoms with Gasteiger partial charge in [-0.05, 0) is 67.9 Å². The standard InChI is InChI=1S/C50H70N14O10/c1-23(2)17-33-44(68)61-39(25(5)6)46(70)59-34-20-29-28-12-11-26(38(24(3)4)40(47(71)58-33)62-43(67)31-13-14-37(65)55-31)18-32(28)56-41(29)63-21-27(54-22-63)19-35(49(73)74)60-42(66)30(9-7-15-53-50(51)52)57-45(69)36-10-8-16-64(36)48(34)72/h11-12,18,21-25,30-31,33-36,38-40,56H,7-10,13-17,19-20H2,1-6H3,(H,55,65)(H,57,69)(H,58,71)(H,59,70)(H,60,66)(H,61,68)(H,62,67)(H,73,74)(H4,51,52,53)/t30-,31?,33-,34-,35-,36-,38+,39-,40?/m0/s1. The molecule has 8 amide bonds. The van der Waals surface area contributed by atoms with Crippen molar-refractivity contribution in [2.24, 2.45) is 34.2 Å². The van der Waals surface area contributed by atoms with Crippen molar-refractivity contribution in [2.45, 2.75) is 154 Å². The molecular formula is C50H70N14O10. The van der Waals surface area contributed by atoms with Gasteiger partial charge in [-0.1, -0.05) is 53.7 Å². The maximum absolute atomic E-state index is 15.3. The van der Waals surface area contributed by atoms with Crippen molar-refractivity contribution < 1.29 is 48.3 Å². The van der Waals surface area contributed by atoms with E-state index in [2.05, 4.69) is 52.2 Å². The number of benzene rings is 1. The first-order chi connectivity index (χ1) is 35.1. The number of nitrogens with one attached hydrogen (secondary N) is 8. The van der Waals surface area contributed by atoms with Crippen molar-refractivity contribution in [2.75, 3.05) is 13.1 Å². The van der Waals surface area contributed by atoms with Crippen LogP contribution in [0.4, 0.5) is 0 Å². The molecule has 2 aromatic heterocycles. The van der Waals surface area contributed by atoms with Gasteiger partial charge >= 0.3 is 5.97 Å². The van der Waals surface area contributed by atoms with E-state index in [1.54, 1.807) is 24.6 Å². The molecule has 24 nitrogen and oxygen atoms in total. The quantitative estimate of drug-likeness (QED) is 0.0487. The van der Waals surface area contributed by atoms with Crippen LogP contribution in [-0.4, -0.2) is 145 Å². The number of aliphatic carboxylic acids is 1. The molecule has 7 bridgehead atoms. The molecule has 24 heteroatoms. The van der Waals surface area contributed by atoms with Gasteiger partial charge in [-0.3, -0.25) is 47.9 Å². The van der Waals surface area contributed by atoms with Crippen molar-refractivity contribution in [1.29, 1.82) is 0 Å². The number of nitrogens with two attached hydrogens (primary N) is 2. The van der Waals surface area contributed by atoms with Crippen LogP contribution in [0.5, 0.6) is 0 Å². The Morgan fingerprint density at radius 1 is 0.838 bits per heavy atom. The molecule has 3 aromatic rings. The van der Waals surface area contributed by atoms with Crippen LogP contribution in [-0.2, 0) is 56.0 Å². The Balaban J connectivity index is 1.41. The van der Waals surface area contributed by atoms with Gasteiger partial charge in [0.05, 0.1) is 5.69 Å². The van der Waals surface area contributed by atoms with Crippen LogP contribution in [0.1, 0.15) is 109 Å². The molecule has 0 spiro atoms. The van der Waals surface area contributed by atoms with E-state index in [1.807, 2.05) is 45.9 Å². The number of H-pyrrole nitrogens is 1. The number of guanidine groups is 1. The summed E-state index contributed by atoms with van der Waals surface area (Å²) in [5.74, 6) is -7.88. The predicted molar refractivity (Wildman–Crippen MR) is 270 cm³/mol. The van der Waals surface area contributed by atoms with Gasteiger partial charge in [-0.2, -0.15) is 0 Å². The van der Waals surface area contributed by atoms with Crippen LogP contribution in [0.15, 0.2) is 35.7 Å². The highest BCUT2D eigenvalue weighted by atomic mass is 16.4. The number of aliphatic imine (C=N–C) groups is 1. The summed E-state index contributed by atoms with van der Waals surface area (Å²) in [7, 11) is 0. The van der Waals surface area contributed by atoms with E-state index in [1.165, 1.54) is 11.2 Å². The van der Waals surface area contributed by atoms with E-state index < -0.39 is 107 Å². The zero-order chi connectivity index (χ0) is 53.7. The Labute approximate surface area is 428 Å². The van der Waals surface area contributed by atoms with Crippen molar-refractivity contribution >= 4 is 70.1 Å². The number of carbonyl (C=O) groups excluding carboxylic acids is 8. The molecule has 5 aliphatic heterocycles. The fourth-order valence-electron chi connectivity index (χ4n) is 10.5. The number of aromatic amines is 1. The number of aromatic nitrogens is 3. The molecular weight excluding hydrogens is 957 g/mol. The second-order valence-electron chi connectivity index (χ2n) is 20.9. The maximum Gasteiger partial charge on any atom is 0.326 e. The molecule has 9 atom stereocenters. The first kappa shape index (κ1) is 54.2. The van der Waals surface area contributed by atoms with Crippen LogP contribution in [0.2, 0.25) is 0 Å². The van der Waals surface area contributed by atoms with E-state index in [4.69, 9.17) is 11.5 Å². The summed E-state index contributed by atoms with van der Waals surface area (Å²) in [6.45, 7) is 11.2. The minimum Gasteiger partial charge on any atom is -0.480 e. The van der Waals surface area contributed by atoms with Gasteiger partial charge in [-0.25, -0.2) is 9.78 Å². The molecule has 5 aliphatic rings. The summed E-state index contributed by atoms with van der Waals surface area (Å²) < 4.78 is 1.61. The third-order valence-corrected chi connectivity index (χ3v) is 14.2. The van der Waals surface area contributed by atoms with Gasteiger partial charge in [0, 0.05) is 60.9 Å². The Morgan fingerprint density at radius 3 is 2.23 bits per heavy atom. The number of hydrogen-bond acceptors (Lipinski definition) is 11. The number of rotatable bonds is 11. The minimum absolute atomic E-state index is 0.00936. The van der Waals surface area contributed by atoms with E-state index >= 15 is 4.79 Å². The van der Waals surface area contributed by atoms with E-state index in [0.29, 0.717) is 34.3 Å². The van der Waals surface area contributed by atoms with E-state index in [-0.39, 0.29) is 93.9 Å². The fourth-order valence-corrected chi connectivity index (χ4v) is 10.5. The molecule has 2 saturated heterocycles. The number of carbonyl (C=O) groups is 9. The molecule has 74 heavy (non-hydrogen) atoms. The summed E-state index contributed by atoms with van der Waals surface area (Å²) in [5, 5.41) is 30.6. The number of carboxylic acid groups (broad SMARTS) is 1. The maximum atomic E-state index is 15.3. The van der Waals surface area contributed by atoms with Crippen molar-refractivity contribution in [1.82, 2.24) is 56.7 Å². The van der Waals surface area contributed by atoms with Crippen LogP contribution in [0.3, 0.4) is 0 Å². The summed E-state index contributed by atoms with van der Waals surface area (Å²) in [6, 6.07) is -4.35. The minimum atomic E-state index is -1.49. The second kappa shape index (κ2) is 23.1. The lowest BCUT2D eigenvalue weighted by molar-refractivity contribution is -0.143. The van der Waals surface area contributed by atoms with Crippen LogP contribution in [0, 0.1) is 17.8 Å². The average molecular weight is 1030 g/mol. The Hall–Kier alpha value is -7.53. The predicted octanol–water partition coefficient (Wildman–Crippen LogP) is -0.776. The van der Waals surface area contributed by atoms with E-state index in [0.717, 1.165) is 0 Å². The van der Waals surface area contributed by atoms with Crippen molar-refractivity contribution in [3.63, 3.8) is 0 Å². The smallest absolute Gasteiger partial charge is 0.326 e. The summed E-state index contributed by atoms with van der Waals surface area (Å²) in [4.78, 5) is 140. The number of hydrogen-bond donors (Lipinski definition) is 11. The van der Waals surface area contributed by atoms with Gasteiger partial charge < -0.3 is 63.7 Å². The molecule has 400 valence electrons. The number of fused-ring (bicyclic) bond motifs is 14. The Kier molecular flexibility index (Phi) is 17.0. The SMILES string of the molecule is CC(C)C[C@@H]1NC(=O)C(NC(=O)C2CCC(=O)N2)[C@H](C(C)C)c2ccc3c4c([nH]c3c2)-n2cnc(c2)C[C@@H](C(=O)O)NC(=O)[C@H](CCCN=C(N)N)NC(=O)[C@@H]2CCCN2C(=O)[C@H](C4)NC(=O)[C@H](C(C)C)NC1=O. The fraction of sp³-hybridized carbons (Fsp3) is 0.580. The topological polar surface area (TPSA) is 359 Å². The lowest BCUT2D eigenvalue weighted by atomic mass is 9.81. The molecule has 2 unspecified atom stereocenters. The lowest BCUT2D eigenvalue weighted by Crippen LogP contribution is -2.61. The first-order valence-electron chi connectivity index (χ1n) is 25.5. The summed E-state index contributed by atoms with van der Waals surface area (Å²) in [6.07, 6.45) is 3.94. The highest BCUT2D eigenvalue weighted by Gasteiger charge is 2.43. The normalized spacial score (nSPS) is 26.3. The number of amides is 8. The highest BCUT2D eigenvalue weighted by Crippen LogP contribution is 2.35. The largest absolute Gasteiger partial charge is 0.480 e. The average Bonchev–Trinajstić information content (AvgIpc) is 4.17. The number of nitrogens with zero attached hydrogens (tertiary/aromatic N) is 4. The Morgan fingerprint density at radius 2 is 1.57 bits per heavy atom. The number of carboxylic acids is 1. The van der Waals surface area contributed by atoms with Crippen LogP contribution in [0.25, 0.3) is 16.7 Å². The van der Waals surface area contributed by atoms with Gasteiger partial charge in [-0.15, -0.1) is 0 Å². The van der Waals surface area contributed by atoms with Crippen molar-refractivity contribution in [3.8, 4) is 5.82 Å². The number of imidazole rings is 1. The molecule has 1 aromatic carbocycles. The molecule has 2 fully saturated rings. The van der Waals surface area contributed by atoms with Crippen LogP contribution >= 0.6 is 0 Å². The highest BCUT2D eigenvalue weighted by molar-refractivity contribution is 6.00.